The molecule has 0 bridgehead atoms. The molecule has 0 radical (unpaired) electrons. The number of hydrogen-bond acceptors (Lipinski definition) is 2. The van der Waals surface area contributed by atoms with Crippen LogP contribution in [0.1, 0.15) is 0 Å². The fraction of sp³-hybridized carbons (Fsp3) is 0. The molecule has 0 saturated carbocycles. The molecule has 3 aromatic rings. The van der Waals surface area contributed by atoms with Crippen LogP contribution in [-0.2, 0) is 14.6 Å². The normalized spacial score (nSPS) is 9.71. The molecule has 1 aromatic carbocycles. The van der Waals surface area contributed by atoms with E-state index in [1.165, 1.54) is 0 Å². The summed E-state index contributed by atoms with van der Waals surface area (Å²) in [4.78, 5) is 9.06. The van der Waals surface area contributed by atoms with Crippen molar-refractivity contribution in [2.45, 2.75) is 0 Å². The number of aromatic nitrogens is 2. The van der Waals surface area contributed by atoms with Gasteiger partial charge < -0.3 is 0 Å². The van der Waals surface area contributed by atoms with Crippen LogP contribution in [0.3, 0.4) is 0 Å². The summed E-state index contributed by atoms with van der Waals surface area (Å²) in [5.74, 6) is 0. The van der Waals surface area contributed by atoms with Crippen molar-refractivity contribution >= 4 is 26.1 Å². The van der Waals surface area contributed by atoms with Crippen LogP contribution in [-0.4, -0.2) is 9.97 Å². The van der Waals surface area contributed by atoms with Gasteiger partial charge >= 0.3 is 24.8 Å². The zero-order valence-corrected chi connectivity index (χ0v) is 14.1. The van der Waals surface area contributed by atoms with Crippen LogP contribution < -0.4 is 0 Å². The predicted molar refractivity (Wildman–Crippen MR) is 85.3 cm³/mol. The van der Waals surface area contributed by atoms with Crippen LogP contribution in [0.2, 0.25) is 0 Å². The number of benzene rings is 1. The molecule has 2 aromatic heterocycles. The number of rotatable bonds is 2. The molecule has 0 aliphatic heterocycles. The second-order valence-corrected chi connectivity index (χ2v) is 4.84. The van der Waals surface area contributed by atoms with E-state index < -0.39 is 0 Å². The molecule has 0 saturated heterocycles. The summed E-state index contributed by atoms with van der Waals surface area (Å²) >= 11 is 6.73. The van der Waals surface area contributed by atoms with Crippen molar-refractivity contribution in [1.29, 1.82) is 0 Å². The van der Waals surface area contributed by atoms with Gasteiger partial charge in [0, 0.05) is 0 Å². The third-order valence-electron chi connectivity index (χ3n) is 2.71. The van der Waals surface area contributed by atoms with Gasteiger partial charge in [0.15, 0.2) is 0 Å². The van der Waals surface area contributed by atoms with Gasteiger partial charge in [-0.25, -0.2) is 4.98 Å². The Bertz CT molecular complexity index is 707. The Labute approximate surface area is 144 Å². The van der Waals surface area contributed by atoms with Gasteiger partial charge in [0.05, 0.1) is 11.4 Å². The van der Waals surface area contributed by atoms with E-state index in [0.717, 1.165) is 27.2 Å². The molecule has 3 rings (SSSR count). The first-order chi connectivity index (χ1) is 10.3. The molecule has 0 N–H and O–H groups in total. The summed E-state index contributed by atoms with van der Waals surface area (Å²) < 4.78 is 0.809. The third kappa shape index (κ3) is 4.37. The average Bonchev–Trinajstić information content (AvgIpc) is 2.58. The number of pyridine rings is 2. The molecule has 2 nitrogen and oxygen atoms in total. The Kier molecular flexibility index (Phi) is 6.37. The van der Waals surface area contributed by atoms with E-state index in [9.17, 15) is 0 Å². The predicted octanol–water partition coefficient (Wildman–Crippen LogP) is 5.06. The summed E-state index contributed by atoms with van der Waals surface area (Å²) in [6.45, 7) is 0. The van der Waals surface area contributed by atoms with Crippen molar-refractivity contribution in [2.75, 3.05) is 0 Å². The molecule has 0 spiro atoms. The second-order valence-electron chi connectivity index (χ2n) is 4.03. The van der Waals surface area contributed by atoms with Crippen LogP contribution in [0, 0.1) is 6.07 Å². The molecule has 0 atom stereocenters. The minimum absolute atomic E-state index is 0.809. The number of nitrogens with zero attached hydrogens (tertiary/aromatic N) is 2. The molecule has 0 amide bonds. The first-order valence-electron chi connectivity index (χ1n) is 6.02. The summed E-state index contributed by atoms with van der Waals surface area (Å²) in [5.41, 5.74) is 3.60. The van der Waals surface area contributed by atoms with Crippen LogP contribution in [0.15, 0.2) is 65.3 Å². The molecule has 0 aliphatic carbocycles. The standard InChI is InChI=1S/C16H10BrN2.ClH.Ni/c17-16-11-5-10-15(19-16)14-9-4-8-13(18-14)12-6-2-1-3-7-12;;/h1-6,8-11H;1H;/q-1;;+1/p-1. The Balaban J connectivity index is 0.000000774. The van der Waals surface area contributed by atoms with Crippen molar-refractivity contribution < 1.29 is 14.6 Å². The zero-order valence-electron chi connectivity index (χ0n) is 10.7. The van der Waals surface area contributed by atoms with Crippen molar-refractivity contribution in [3.8, 4) is 22.6 Å². The molecule has 5 heteroatoms. The topological polar surface area (TPSA) is 25.8 Å². The third-order valence-corrected chi connectivity index (χ3v) is 3.15. The van der Waals surface area contributed by atoms with Crippen LogP contribution in [0.25, 0.3) is 22.6 Å². The maximum atomic E-state index is 4.64. The fourth-order valence-electron chi connectivity index (χ4n) is 1.83. The second kappa shape index (κ2) is 8.28. The van der Waals surface area contributed by atoms with Gasteiger partial charge in [0.1, 0.15) is 4.60 Å². The van der Waals surface area contributed by atoms with Gasteiger partial charge in [-0.3, -0.25) is 4.98 Å². The van der Waals surface area contributed by atoms with E-state index in [1.54, 1.807) is 0 Å². The SMILES string of the molecule is Brc1cccc(-c2cccc(-c3[c-]cccc3)n2)n1.[Cl][Ni]. The molecular weight excluding hydrogens is 394 g/mol. The van der Waals surface area contributed by atoms with Crippen molar-refractivity contribution in [3.05, 3.63) is 71.3 Å². The molecule has 0 fully saturated rings. The molecule has 0 unspecified atom stereocenters. The Morgan fingerprint density at radius 1 is 0.810 bits per heavy atom. The molecule has 2 heterocycles. The Morgan fingerprint density at radius 3 is 2.14 bits per heavy atom. The van der Waals surface area contributed by atoms with Crippen molar-refractivity contribution in [2.24, 2.45) is 0 Å². The van der Waals surface area contributed by atoms with Crippen LogP contribution >= 0.6 is 26.1 Å². The van der Waals surface area contributed by atoms with Crippen LogP contribution in [0.4, 0.5) is 0 Å². The average molecular weight is 404 g/mol. The van der Waals surface area contributed by atoms with E-state index in [-0.39, 0.29) is 0 Å². The molecular formula is C16H10BrClN2Ni-. The van der Waals surface area contributed by atoms with Gasteiger partial charge in [-0.15, -0.1) is 35.9 Å². The van der Waals surface area contributed by atoms with Gasteiger partial charge in [-0.2, -0.15) is 0 Å². The molecule has 109 valence electrons. The van der Waals surface area contributed by atoms with E-state index in [4.69, 9.17) is 0 Å². The van der Waals surface area contributed by atoms with Gasteiger partial charge in [0.25, 0.3) is 0 Å². The summed E-state index contributed by atoms with van der Waals surface area (Å²) in [7, 11) is 4.26. The summed E-state index contributed by atoms with van der Waals surface area (Å²) in [6.07, 6.45) is 0. The first kappa shape index (κ1) is 16.2. The minimum atomic E-state index is 0.809. The van der Waals surface area contributed by atoms with Gasteiger partial charge in [-0.05, 0) is 39.8 Å². The Hall–Kier alpha value is -1.22. The summed E-state index contributed by atoms with van der Waals surface area (Å²) in [6, 6.07) is 22.7. The van der Waals surface area contributed by atoms with E-state index in [0.29, 0.717) is 0 Å². The summed E-state index contributed by atoms with van der Waals surface area (Å²) in [5, 5.41) is 0. The van der Waals surface area contributed by atoms with E-state index in [2.05, 4.69) is 56.7 Å². The van der Waals surface area contributed by atoms with Gasteiger partial charge in [-0.1, -0.05) is 18.2 Å². The first-order valence-corrected chi connectivity index (χ1v) is 8.17. The Morgan fingerprint density at radius 2 is 1.48 bits per heavy atom. The van der Waals surface area contributed by atoms with E-state index >= 15 is 0 Å². The fourth-order valence-corrected chi connectivity index (χ4v) is 2.17. The van der Waals surface area contributed by atoms with E-state index in [1.807, 2.05) is 60.7 Å². The zero-order chi connectivity index (χ0) is 15.1. The monoisotopic (exact) mass is 402 g/mol. The molecule has 0 aliphatic rings. The molecule has 21 heavy (non-hydrogen) atoms. The van der Waals surface area contributed by atoms with Crippen molar-refractivity contribution in [3.63, 3.8) is 0 Å². The van der Waals surface area contributed by atoms with Crippen LogP contribution in [0.5, 0.6) is 0 Å². The number of halogens is 2. The van der Waals surface area contributed by atoms with Crippen molar-refractivity contribution in [1.82, 2.24) is 9.97 Å². The quantitative estimate of drug-likeness (QED) is 0.339. The number of hydrogen-bond donors (Lipinski definition) is 0. The van der Waals surface area contributed by atoms with Gasteiger partial charge in [0.2, 0.25) is 0 Å². The maximum absolute atomic E-state index is 4.64.